The van der Waals surface area contributed by atoms with Crippen LogP contribution in [-0.4, -0.2) is 6.10 Å². The molecule has 0 aliphatic heterocycles. The first-order valence-corrected chi connectivity index (χ1v) is 7.39. The van der Waals surface area contributed by atoms with Gasteiger partial charge in [-0.2, -0.15) is 0 Å². The average molecular weight is 335 g/mol. The molecule has 1 unspecified atom stereocenters. The van der Waals surface area contributed by atoms with Crippen LogP contribution in [0.2, 0.25) is 0 Å². The van der Waals surface area contributed by atoms with Gasteiger partial charge < -0.3 is 4.74 Å². The minimum absolute atomic E-state index is 0.119. The number of benzene rings is 2. The number of hydrogen-bond donors (Lipinski definition) is 2. The third-order valence-corrected chi connectivity index (χ3v) is 3.70. The van der Waals surface area contributed by atoms with E-state index in [4.69, 9.17) is 10.6 Å². The standard InChI is InChI=1S/C16H19BrN2O/c1-11(2)20-15-10-6-4-8-13(15)16(19-18)12-7-3-5-9-14(12)17/h3-11,16,19H,18H2,1-2H3. The Balaban J connectivity index is 2.45. The highest BCUT2D eigenvalue weighted by atomic mass is 79.9. The van der Waals surface area contributed by atoms with Gasteiger partial charge in [0.05, 0.1) is 12.1 Å². The molecular formula is C16H19BrN2O. The number of halogens is 1. The molecule has 0 amide bonds. The lowest BCUT2D eigenvalue weighted by Crippen LogP contribution is -2.29. The van der Waals surface area contributed by atoms with Crippen LogP contribution in [-0.2, 0) is 0 Å². The van der Waals surface area contributed by atoms with Crippen LogP contribution in [0.4, 0.5) is 0 Å². The Hall–Kier alpha value is -1.36. The van der Waals surface area contributed by atoms with E-state index in [1.54, 1.807) is 0 Å². The maximum Gasteiger partial charge on any atom is 0.124 e. The summed E-state index contributed by atoms with van der Waals surface area (Å²) in [6.45, 7) is 4.03. The monoisotopic (exact) mass is 334 g/mol. The van der Waals surface area contributed by atoms with Crippen molar-refractivity contribution in [2.24, 2.45) is 5.84 Å². The quantitative estimate of drug-likeness (QED) is 0.646. The van der Waals surface area contributed by atoms with Gasteiger partial charge in [0.25, 0.3) is 0 Å². The molecule has 2 aromatic carbocycles. The van der Waals surface area contributed by atoms with Crippen molar-refractivity contribution in [2.75, 3.05) is 0 Å². The van der Waals surface area contributed by atoms with Crippen LogP contribution in [0.25, 0.3) is 0 Å². The van der Waals surface area contributed by atoms with Gasteiger partial charge in [-0.3, -0.25) is 5.84 Å². The van der Waals surface area contributed by atoms with Crippen LogP contribution in [0.3, 0.4) is 0 Å². The molecule has 1 atom stereocenters. The van der Waals surface area contributed by atoms with Gasteiger partial charge in [-0.05, 0) is 31.5 Å². The van der Waals surface area contributed by atoms with Crippen LogP contribution < -0.4 is 16.0 Å². The number of rotatable bonds is 5. The van der Waals surface area contributed by atoms with Crippen LogP contribution >= 0.6 is 15.9 Å². The first kappa shape index (κ1) is 15.0. The van der Waals surface area contributed by atoms with Crippen molar-refractivity contribution in [1.82, 2.24) is 5.43 Å². The smallest absolute Gasteiger partial charge is 0.124 e. The summed E-state index contributed by atoms with van der Waals surface area (Å²) in [6, 6.07) is 15.9. The first-order valence-electron chi connectivity index (χ1n) is 6.59. The Kier molecular flexibility index (Phi) is 5.17. The SMILES string of the molecule is CC(C)Oc1ccccc1C(NN)c1ccccc1Br. The number of hydrogen-bond acceptors (Lipinski definition) is 3. The number of para-hydroxylation sites is 1. The molecule has 3 N–H and O–H groups in total. The van der Waals surface area contributed by atoms with E-state index in [0.717, 1.165) is 21.3 Å². The third-order valence-electron chi connectivity index (χ3n) is 2.98. The van der Waals surface area contributed by atoms with Crippen LogP contribution in [0.15, 0.2) is 53.0 Å². The molecule has 106 valence electrons. The second kappa shape index (κ2) is 6.88. The number of nitrogens with two attached hydrogens (primary N) is 1. The van der Waals surface area contributed by atoms with E-state index in [9.17, 15) is 0 Å². The lowest BCUT2D eigenvalue weighted by atomic mass is 9.98. The minimum Gasteiger partial charge on any atom is -0.491 e. The van der Waals surface area contributed by atoms with Crippen molar-refractivity contribution >= 4 is 15.9 Å². The fraction of sp³-hybridized carbons (Fsp3) is 0.250. The molecule has 0 bridgehead atoms. The largest absolute Gasteiger partial charge is 0.491 e. The number of ether oxygens (including phenoxy) is 1. The van der Waals surface area contributed by atoms with Gasteiger partial charge in [0.2, 0.25) is 0 Å². The molecule has 2 rings (SSSR count). The van der Waals surface area contributed by atoms with Gasteiger partial charge in [0, 0.05) is 10.0 Å². The Labute approximate surface area is 128 Å². The lowest BCUT2D eigenvalue weighted by molar-refractivity contribution is 0.238. The zero-order valence-electron chi connectivity index (χ0n) is 11.6. The van der Waals surface area contributed by atoms with Crippen molar-refractivity contribution < 1.29 is 4.74 Å². The Morgan fingerprint density at radius 2 is 1.60 bits per heavy atom. The summed E-state index contributed by atoms with van der Waals surface area (Å²) in [5.74, 6) is 6.63. The molecule has 4 heteroatoms. The normalized spacial score (nSPS) is 12.4. The molecule has 0 heterocycles. The zero-order chi connectivity index (χ0) is 14.5. The molecule has 20 heavy (non-hydrogen) atoms. The molecule has 2 aromatic rings. The highest BCUT2D eigenvalue weighted by Gasteiger charge is 2.19. The summed E-state index contributed by atoms with van der Waals surface area (Å²) in [5.41, 5.74) is 4.98. The second-order valence-corrected chi connectivity index (χ2v) is 5.68. The molecule has 0 aliphatic rings. The minimum atomic E-state index is -0.125. The maximum atomic E-state index is 5.88. The van der Waals surface area contributed by atoms with Gasteiger partial charge in [-0.1, -0.05) is 52.3 Å². The van der Waals surface area contributed by atoms with Crippen molar-refractivity contribution in [3.05, 3.63) is 64.1 Å². The fourth-order valence-corrected chi connectivity index (χ4v) is 2.65. The predicted molar refractivity (Wildman–Crippen MR) is 85.5 cm³/mol. The van der Waals surface area contributed by atoms with E-state index >= 15 is 0 Å². The highest BCUT2D eigenvalue weighted by Crippen LogP contribution is 2.33. The molecule has 0 saturated carbocycles. The fourth-order valence-electron chi connectivity index (χ4n) is 2.14. The van der Waals surface area contributed by atoms with Gasteiger partial charge in [-0.25, -0.2) is 5.43 Å². The predicted octanol–water partition coefficient (Wildman–Crippen LogP) is 3.79. The topological polar surface area (TPSA) is 47.3 Å². The Morgan fingerprint density at radius 1 is 1.00 bits per heavy atom. The number of hydrazine groups is 1. The third kappa shape index (κ3) is 3.39. The van der Waals surface area contributed by atoms with Crippen molar-refractivity contribution in [3.63, 3.8) is 0 Å². The number of nitrogens with one attached hydrogen (secondary N) is 1. The van der Waals surface area contributed by atoms with E-state index < -0.39 is 0 Å². The van der Waals surface area contributed by atoms with Crippen LogP contribution in [0.1, 0.15) is 31.0 Å². The van der Waals surface area contributed by atoms with E-state index in [1.165, 1.54) is 0 Å². The summed E-state index contributed by atoms with van der Waals surface area (Å²) in [7, 11) is 0. The Bertz CT molecular complexity index is 572. The van der Waals surface area contributed by atoms with Crippen molar-refractivity contribution in [3.8, 4) is 5.75 Å². The van der Waals surface area contributed by atoms with Crippen LogP contribution in [0.5, 0.6) is 5.75 Å². The molecule has 0 aromatic heterocycles. The van der Waals surface area contributed by atoms with E-state index in [-0.39, 0.29) is 12.1 Å². The van der Waals surface area contributed by atoms with E-state index in [0.29, 0.717) is 0 Å². The molecular weight excluding hydrogens is 316 g/mol. The van der Waals surface area contributed by atoms with E-state index in [1.807, 2.05) is 62.4 Å². The molecule has 0 saturated heterocycles. The van der Waals surface area contributed by atoms with Crippen molar-refractivity contribution in [1.29, 1.82) is 0 Å². The first-order chi connectivity index (χ1) is 9.63. The summed E-state index contributed by atoms with van der Waals surface area (Å²) < 4.78 is 6.89. The lowest BCUT2D eigenvalue weighted by Gasteiger charge is -2.22. The van der Waals surface area contributed by atoms with Gasteiger partial charge in [0.1, 0.15) is 5.75 Å². The molecule has 0 spiro atoms. The summed E-state index contributed by atoms with van der Waals surface area (Å²) >= 11 is 3.57. The van der Waals surface area contributed by atoms with Crippen LogP contribution in [0, 0.1) is 0 Å². The van der Waals surface area contributed by atoms with Crippen molar-refractivity contribution in [2.45, 2.75) is 26.0 Å². The van der Waals surface area contributed by atoms with E-state index in [2.05, 4.69) is 21.4 Å². The van der Waals surface area contributed by atoms with Gasteiger partial charge >= 0.3 is 0 Å². The Morgan fingerprint density at radius 3 is 2.20 bits per heavy atom. The molecule has 0 aliphatic carbocycles. The summed E-state index contributed by atoms with van der Waals surface area (Å²) in [4.78, 5) is 0. The maximum absolute atomic E-state index is 5.88. The second-order valence-electron chi connectivity index (χ2n) is 4.83. The molecule has 0 fully saturated rings. The zero-order valence-corrected chi connectivity index (χ0v) is 13.2. The summed E-state index contributed by atoms with van der Waals surface area (Å²) in [6.07, 6.45) is 0.119. The van der Waals surface area contributed by atoms with Gasteiger partial charge in [-0.15, -0.1) is 0 Å². The average Bonchev–Trinajstić information content (AvgIpc) is 2.43. The summed E-state index contributed by atoms with van der Waals surface area (Å²) in [5, 5.41) is 0. The van der Waals surface area contributed by atoms with Gasteiger partial charge in [0.15, 0.2) is 0 Å². The molecule has 0 radical (unpaired) electrons. The highest BCUT2D eigenvalue weighted by molar-refractivity contribution is 9.10. The molecule has 3 nitrogen and oxygen atoms in total.